The summed E-state index contributed by atoms with van der Waals surface area (Å²) in [7, 11) is 0. The summed E-state index contributed by atoms with van der Waals surface area (Å²) in [6, 6.07) is 2.30. The first-order chi connectivity index (χ1) is 10.5. The van der Waals surface area contributed by atoms with Crippen molar-refractivity contribution in [3.8, 4) is 6.07 Å². The van der Waals surface area contributed by atoms with Crippen LogP contribution in [0.25, 0.3) is 0 Å². The van der Waals surface area contributed by atoms with Crippen LogP contribution in [0.5, 0.6) is 0 Å². The number of carbonyl (C=O) groups is 1. The molecule has 1 fully saturated rings. The van der Waals surface area contributed by atoms with Gasteiger partial charge in [-0.05, 0) is 60.3 Å². The van der Waals surface area contributed by atoms with E-state index in [0.717, 1.165) is 19.3 Å². The predicted molar refractivity (Wildman–Crippen MR) is 90.0 cm³/mol. The number of ether oxygens (including phenoxy) is 2. The van der Waals surface area contributed by atoms with Gasteiger partial charge in [0.25, 0.3) is 0 Å². The van der Waals surface area contributed by atoms with E-state index < -0.39 is 5.60 Å². The van der Waals surface area contributed by atoms with Crippen molar-refractivity contribution in [3.63, 3.8) is 0 Å². The lowest BCUT2D eigenvalue weighted by atomic mass is 9.89. The van der Waals surface area contributed by atoms with Gasteiger partial charge in [-0.1, -0.05) is 6.92 Å². The third-order valence-corrected chi connectivity index (χ3v) is 4.27. The van der Waals surface area contributed by atoms with E-state index in [9.17, 15) is 4.79 Å². The van der Waals surface area contributed by atoms with Crippen LogP contribution in [0.1, 0.15) is 67.2 Å². The number of nitrogens with zero attached hydrogens (tertiary/aromatic N) is 2. The highest BCUT2D eigenvalue weighted by Gasteiger charge is 2.38. The third-order valence-electron chi connectivity index (χ3n) is 4.27. The van der Waals surface area contributed by atoms with Crippen molar-refractivity contribution in [2.45, 2.75) is 78.4 Å². The number of hydrogen-bond acceptors (Lipinski definition) is 4. The van der Waals surface area contributed by atoms with Gasteiger partial charge in [-0.25, -0.2) is 4.79 Å². The standard InChI is InChI=1S/C18H32N2O3/c1-7-18(22-12-10-17(5,6)13-19)9-8-11-20(14-18)15(21)23-16(2,3)4/h7-12,14H2,1-6H3. The molecule has 0 aromatic carbocycles. The van der Waals surface area contributed by atoms with E-state index in [4.69, 9.17) is 14.7 Å². The number of hydrogen-bond donors (Lipinski definition) is 0. The van der Waals surface area contributed by atoms with Gasteiger partial charge in [0.2, 0.25) is 0 Å². The summed E-state index contributed by atoms with van der Waals surface area (Å²) < 4.78 is 11.6. The largest absolute Gasteiger partial charge is 0.444 e. The van der Waals surface area contributed by atoms with Gasteiger partial charge < -0.3 is 14.4 Å². The van der Waals surface area contributed by atoms with Crippen molar-refractivity contribution in [2.75, 3.05) is 19.7 Å². The Morgan fingerprint density at radius 1 is 1.30 bits per heavy atom. The molecule has 5 heteroatoms. The second kappa shape index (κ2) is 7.53. The van der Waals surface area contributed by atoms with Crippen molar-refractivity contribution in [2.24, 2.45) is 5.41 Å². The molecule has 1 heterocycles. The third kappa shape index (κ3) is 6.39. The number of nitriles is 1. The van der Waals surface area contributed by atoms with Gasteiger partial charge in [0.15, 0.2) is 0 Å². The zero-order valence-corrected chi connectivity index (χ0v) is 15.6. The molecule has 0 saturated carbocycles. The Bertz CT molecular complexity index is 448. The molecule has 1 saturated heterocycles. The molecular weight excluding hydrogens is 292 g/mol. The second-order valence-electron chi connectivity index (χ2n) is 8.14. The minimum atomic E-state index is -0.485. The van der Waals surface area contributed by atoms with Gasteiger partial charge in [-0.2, -0.15) is 5.26 Å². The molecule has 0 aromatic rings. The minimum Gasteiger partial charge on any atom is -0.444 e. The first-order valence-electron chi connectivity index (χ1n) is 8.56. The maximum Gasteiger partial charge on any atom is 0.410 e. The van der Waals surface area contributed by atoms with Crippen molar-refractivity contribution in [1.82, 2.24) is 4.90 Å². The fourth-order valence-corrected chi connectivity index (χ4v) is 2.67. The molecule has 132 valence electrons. The summed E-state index contributed by atoms with van der Waals surface area (Å²) >= 11 is 0. The smallest absolute Gasteiger partial charge is 0.410 e. The molecule has 1 aliphatic rings. The average molecular weight is 324 g/mol. The van der Waals surface area contributed by atoms with Crippen LogP contribution in [0.2, 0.25) is 0 Å². The quantitative estimate of drug-likeness (QED) is 0.763. The summed E-state index contributed by atoms with van der Waals surface area (Å²) in [4.78, 5) is 14.1. The van der Waals surface area contributed by atoms with Gasteiger partial charge >= 0.3 is 6.09 Å². The van der Waals surface area contributed by atoms with Crippen LogP contribution < -0.4 is 0 Å². The average Bonchev–Trinajstić information content (AvgIpc) is 2.45. The van der Waals surface area contributed by atoms with Gasteiger partial charge in [0.05, 0.1) is 23.6 Å². The van der Waals surface area contributed by atoms with Crippen molar-refractivity contribution in [1.29, 1.82) is 5.26 Å². The molecule has 0 N–H and O–H groups in total. The Balaban J connectivity index is 2.64. The fraction of sp³-hybridized carbons (Fsp3) is 0.889. The Morgan fingerprint density at radius 2 is 1.96 bits per heavy atom. The van der Waals surface area contributed by atoms with Gasteiger partial charge in [-0.3, -0.25) is 0 Å². The van der Waals surface area contributed by atoms with E-state index in [1.165, 1.54) is 0 Å². The first kappa shape index (κ1) is 19.8. The fourth-order valence-electron chi connectivity index (χ4n) is 2.67. The minimum absolute atomic E-state index is 0.268. The topological polar surface area (TPSA) is 62.6 Å². The zero-order chi connectivity index (χ0) is 17.7. The molecule has 1 rings (SSSR count). The number of piperidine rings is 1. The number of carbonyl (C=O) groups excluding carboxylic acids is 1. The van der Waals surface area contributed by atoms with Gasteiger partial charge in [-0.15, -0.1) is 0 Å². The highest BCUT2D eigenvalue weighted by atomic mass is 16.6. The summed E-state index contributed by atoms with van der Waals surface area (Å²) in [5.74, 6) is 0. The summed E-state index contributed by atoms with van der Waals surface area (Å²) in [5, 5.41) is 9.10. The van der Waals surface area contributed by atoms with Crippen molar-refractivity contribution in [3.05, 3.63) is 0 Å². The zero-order valence-electron chi connectivity index (χ0n) is 15.6. The second-order valence-corrected chi connectivity index (χ2v) is 8.14. The van der Waals surface area contributed by atoms with E-state index >= 15 is 0 Å². The number of likely N-dealkylation sites (tertiary alicyclic amines) is 1. The molecule has 0 aliphatic carbocycles. The maximum atomic E-state index is 12.3. The SMILES string of the molecule is CCC1(OCCC(C)(C)C#N)CCCN(C(=O)OC(C)(C)C)C1. The van der Waals surface area contributed by atoms with Crippen LogP contribution in [0, 0.1) is 16.7 Å². The molecule has 0 spiro atoms. The lowest BCUT2D eigenvalue weighted by Gasteiger charge is -2.42. The molecule has 1 amide bonds. The Hall–Kier alpha value is -1.28. The molecule has 0 bridgehead atoms. The molecule has 0 radical (unpaired) electrons. The van der Waals surface area contributed by atoms with Crippen molar-refractivity contribution < 1.29 is 14.3 Å². The van der Waals surface area contributed by atoms with Crippen LogP contribution >= 0.6 is 0 Å². The molecular formula is C18H32N2O3. The number of rotatable bonds is 5. The normalized spacial score (nSPS) is 22.6. The first-order valence-corrected chi connectivity index (χ1v) is 8.56. The van der Waals surface area contributed by atoms with Gasteiger partial charge in [0, 0.05) is 13.2 Å². The highest BCUT2D eigenvalue weighted by Crippen LogP contribution is 2.31. The van der Waals surface area contributed by atoms with Gasteiger partial charge in [0.1, 0.15) is 5.60 Å². The summed E-state index contributed by atoms with van der Waals surface area (Å²) in [6.45, 7) is 13.4. The van der Waals surface area contributed by atoms with E-state index in [1.807, 2.05) is 34.6 Å². The van der Waals surface area contributed by atoms with E-state index in [2.05, 4.69) is 13.0 Å². The summed E-state index contributed by atoms with van der Waals surface area (Å²) in [5.41, 5.74) is -1.18. The monoisotopic (exact) mass is 324 g/mol. The van der Waals surface area contributed by atoms with Crippen LogP contribution in [-0.4, -0.2) is 41.9 Å². The number of amides is 1. The molecule has 1 atom stereocenters. The van der Waals surface area contributed by atoms with Crippen molar-refractivity contribution >= 4 is 6.09 Å². The molecule has 5 nitrogen and oxygen atoms in total. The van der Waals surface area contributed by atoms with Crippen LogP contribution in [0.3, 0.4) is 0 Å². The Morgan fingerprint density at radius 3 is 2.48 bits per heavy atom. The van der Waals surface area contributed by atoms with Crippen LogP contribution in [-0.2, 0) is 9.47 Å². The molecule has 23 heavy (non-hydrogen) atoms. The van der Waals surface area contributed by atoms with E-state index in [1.54, 1.807) is 4.90 Å². The van der Waals surface area contributed by atoms with E-state index in [0.29, 0.717) is 26.1 Å². The lowest BCUT2D eigenvalue weighted by Crippen LogP contribution is -2.52. The Labute approximate surface area is 140 Å². The predicted octanol–water partition coefficient (Wildman–Crippen LogP) is 4.12. The molecule has 1 unspecified atom stereocenters. The maximum absolute atomic E-state index is 12.3. The van der Waals surface area contributed by atoms with Crippen LogP contribution in [0.4, 0.5) is 4.79 Å². The highest BCUT2D eigenvalue weighted by molar-refractivity contribution is 5.68. The Kier molecular flexibility index (Phi) is 6.47. The molecule has 1 aliphatic heterocycles. The summed E-state index contributed by atoms with van der Waals surface area (Å²) in [6.07, 6.45) is 3.12. The lowest BCUT2D eigenvalue weighted by molar-refractivity contribution is -0.0971. The molecule has 0 aromatic heterocycles. The van der Waals surface area contributed by atoms with Crippen LogP contribution in [0.15, 0.2) is 0 Å². The van der Waals surface area contributed by atoms with E-state index in [-0.39, 0.29) is 17.1 Å².